The first-order valence-electron chi connectivity index (χ1n) is 10.8. The number of carbonyl (C=O) groups is 1. The molecule has 0 aliphatic carbocycles. The lowest BCUT2D eigenvalue weighted by molar-refractivity contribution is 0.102. The van der Waals surface area contributed by atoms with E-state index in [1.807, 2.05) is 24.3 Å². The van der Waals surface area contributed by atoms with E-state index in [4.69, 9.17) is 16.3 Å². The minimum absolute atomic E-state index is 0.0419. The van der Waals surface area contributed by atoms with Crippen molar-refractivity contribution >= 4 is 49.9 Å². The monoisotopic (exact) mass is 508 g/mol. The predicted octanol–water partition coefficient (Wildman–Crippen LogP) is 4.63. The van der Waals surface area contributed by atoms with Gasteiger partial charge in [0.05, 0.1) is 39.8 Å². The molecule has 35 heavy (non-hydrogen) atoms. The summed E-state index contributed by atoms with van der Waals surface area (Å²) in [7, 11) is -3.44. The molecule has 1 aliphatic rings. The number of ether oxygens (including phenoxy) is 1. The van der Waals surface area contributed by atoms with Crippen molar-refractivity contribution in [2.75, 3.05) is 28.7 Å². The maximum atomic E-state index is 13.0. The Morgan fingerprint density at radius 2 is 1.94 bits per heavy atom. The van der Waals surface area contributed by atoms with Gasteiger partial charge in [0.1, 0.15) is 6.73 Å². The molecular formula is C25H21ClN4O4S. The van der Waals surface area contributed by atoms with Crippen LogP contribution in [0.15, 0.2) is 66.9 Å². The molecule has 1 N–H and O–H groups in total. The number of anilines is 2. The highest BCUT2D eigenvalue weighted by atomic mass is 35.5. The molecular weight excluding hydrogens is 488 g/mol. The molecule has 4 aromatic rings. The van der Waals surface area contributed by atoms with Crippen molar-refractivity contribution in [3.8, 4) is 11.3 Å². The van der Waals surface area contributed by atoms with E-state index in [0.29, 0.717) is 38.8 Å². The van der Waals surface area contributed by atoms with Crippen LogP contribution in [0.4, 0.5) is 11.4 Å². The van der Waals surface area contributed by atoms with Gasteiger partial charge in [-0.1, -0.05) is 11.6 Å². The molecule has 5 rings (SSSR count). The summed E-state index contributed by atoms with van der Waals surface area (Å²) in [6.07, 6.45) is 1.71. The smallest absolute Gasteiger partial charge is 0.255 e. The van der Waals surface area contributed by atoms with E-state index in [1.54, 1.807) is 49.5 Å². The van der Waals surface area contributed by atoms with Crippen molar-refractivity contribution in [1.29, 1.82) is 0 Å². The second kappa shape index (κ2) is 9.26. The summed E-state index contributed by atoms with van der Waals surface area (Å²) in [6.45, 7) is 1.89. The molecule has 1 fully saturated rings. The third-order valence-electron chi connectivity index (χ3n) is 5.73. The highest BCUT2D eigenvalue weighted by Crippen LogP contribution is 2.31. The molecule has 2 aromatic heterocycles. The van der Waals surface area contributed by atoms with Gasteiger partial charge in [0.15, 0.2) is 0 Å². The molecule has 1 aliphatic heterocycles. The summed E-state index contributed by atoms with van der Waals surface area (Å²) >= 11 is 6.44. The van der Waals surface area contributed by atoms with Gasteiger partial charge < -0.3 is 10.1 Å². The second-order valence-corrected chi connectivity index (χ2v) is 10.5. The van der Waals surface area contributed by atoms with Crippen LogP contribution in [0.3, 0.4) is 0 Å². The molecule has 2 aromatic carbocycles. The van der Waals surface area contributed by atoms with Crippen LogP contribution in [0.1, 0.15) is 15.9 Å². The Hall–Kier alpha value is -3.53. The van der Waals surface area contributed by atoms with E-state index >= 15 is 0 Å². The fourth-order valence-electron chi connectivity index (χ4n) is 3.90. The molecule has 10 heteroatoms. The Balaban J connectivity index is 1.40. The Morgan fingerprint density at radius 1 is 1.09 bits per heavy atom. The average Bonchev–Trinajstić information content (AvgIpc) is 2.84. The van der Waals surface area contributed by atoms with Crippen LogP contribution in [-0.2, 0) is 14.8 Å². The number of pyridine rings is 2. The first kappa shape index (κ1) is 23.2. The quantitative estimate of drug-likeness (QED) is 0.431. The molecule has 1 saturated heterocycles. The molecule has 178 valence electrons. The van der Waals surface area contributed by atoms with E-state index < -0.39 is 10.0 Å². The van der Waals surface area contributed by atoms with Crippen LogP contribution >= 0.6 is 11.6 Å². The Bertz CT molecular complexity index is 1560. The maximum absolute atomic E-state index is 13.0. The molecule has 0 bridgehead atoms. The van der Waals surface area contributed by atoms with Crippen molar-refractivity contribution < 1.29 is 17.9 Å². The SMILES string of the molecule is Cc1cc(N2COCCS2(=O)=O)ccc1C(=O)Nc1ccc(Cl)c(-c2ccc3ncccc3n2)c1. The van der Waals surface area contributed by atoms with Gasteiger partial charge in [0.25, 0.3) is 5.91 Å². The lowest BCUT2D eigenvalue weighted by Crippen LogP contribution is -2.41. The molecule has 0 saturated carbocycles. The number of aromatic nitrogens is 2. The van der Waals surface area contributed by atoms with Crippen LogP contribution in [0.5, 0.6) is 0 Å². The average molecular weight is 509 g/mol. The molecule has 3 heterocycles. The summed E-state index contributed by atoms with van der Waals surface area (Å²) in [5.41, 5.74) is 4.94. The van der Waals surface area contributed by atoms with Crippen LogP contribution in [0.25, 0.3) is 22.3 Å². The number of nitrogens with zero attached hydrogens (tertiary/aromatic N) is 3. The largest absolute Gasteiger partial charge is 0.359 e. The fourth-order valence-corrected chi connectivity index (χ4v) is 5.33. The minimum atomic E-state index is -3.44. The van der Waals surface area contributed by atoms with Gasteiger partial charge in [-0.15, -0.1) is 0 Å². The Morgan fingerprint density at radius 3 is 2.74 bits per heavy atom. The van der Waals surface area contributed by atoms with Crippen molar-refractivity contribution in [3.63, 3.8) is 0 Å². The number of nitrogens with one attached hydrogen (secondary N) is 1. The van der Waals surface area contributed by atoms with E-state index in [1.165, 1.54) is 4.31 Å². The lowest BCUT2D eigenvalue weighted by atomic mass is 10.1. The summed E-state index contributed by atoms with van der Waals surface area (Å²) in [5.74, 6) is -0.397. The number of sulfonamides is 1. The van der Waals surface area contributed by atoms with Gasteiger partial charge in [-0.3, -0.25) is 9.78 Å². The number of halogens is 1. The zero-order valence-electron chi connectivity index (χ0n) is 18.7. The number of amides is 1. The summed E-state index contributed by atoms with van der Waals surface area (Å²) < 4.78 is 31.2. The fraction of sp³-hybridized carbons (Fsp3) is 0.160. The van der Waals surface area contributed by atoms with Crippen LogP contribution < -0.4 is 9.62 Å². The normalized spacial score (nSPS) is 15.2. The van der Waals surface area contributed by atoms with E-state index in [9.17, 15) is 13.2 Å². The number of aryl methyl sites for hydroxylation is 1. The molecule has 0 unspecified atom stereocenters. The van der Waals surface area contributed by atoms with E-state index in [2.05, 4.69) is 15.3 Å². The molecule has 1 amide bonds. The molecule has 0 spiro atoms. The predicted molar refractivity (Wildman–Crippen MR) is 136 cm³/mol. The number of benzene rings is 2. The van der Waals surface area contributed by atoms with Gasteiger partial charge in [-0.25, -0.2) is 17.7 Å². The van der Waals surface area contributed by atoms with Gasteiger partial charge in [-0.2, -0.15) is 0 Å². The Labute approximate surface area is 207 Å². The van der Waals surface area contributed by atoms with Gasteiger partial charge in [0.2, 0.25) is 10.0 Å². The Kier molecular flexibility index (Phi) is 6.14. The van der Waals surface area contributed by atoms with Crippen molar-refractivity contribution in [3.05, 3.63) is 83.0 Å². The van der Waals surface area contributed by atoms with Crippen molar-refractivity contribution in [1.82, 2.24) is 9.97 Å². The topological polar surface area (TPSA) is 101 Å². The van der Waals surface area contributed by atoms with Crippen LogP contribution in [0.2, 0.25) is 5.02 Å². The summed E-state index contributed by atoms with van der Waals surface area (Å²) in [4.78, 5) is 22.0. The first-order valence-corrected chi connectivity index (χ1v) is 12.8. The number of carbonyl (C=O) groups excluding carboxylic acids is 1. The zero-order valence-corrected chi connectivity index (χ0v) is 20.3. The number of rotatable bonds is 4. The highest BCUT2D eigenvalue weighted by Gasteiger charge is 2.27. The number of fused-ring (bicyclic) bond motifs is 1. The van der Waals surface area contributed by atoms with E-state index in [0.717, 1.165) is 11.0 Å². The van der Waals surface area contributed by atoms with Gasteiger partial charge in [-0.05, 0) is 73.2 Å². The summed E-state index contributed by atoms with van der Waals surface area (Å²) in [6, 6.07) is 17.5. The van der Waals surface area contributed by atoms with Gasteiger partial charge >= 0.3 is 0 Å². The zero-order chi connectivity index (χ0) is 24.6. The second-order valence-electron chi connectivity index (χ2n) is 8.09. The van der Waals surface area contributed by atoms with Crippen molar-refractivity contribution in [2.24, 2.45) is 0 Å². The van der Waals surface area contributed by atoms with Crippen LogP contribution in [0, 0.1) is 6.92 Å². The maximum Gasteiger partial charge on any atom is 0.255 e. The van der Waals surface area contributed by atoms with Crippen molar-refractivity contribution in [2.45, 2.75) is 6.92 Å². The number of hydrogen-bond donors (Lipinski definition) is 1. The minimum Gasteiger partial charge on any atom is -0.359 e. The lowest BCUT2D eigenvalue weighted by Gasteiger charge is -2.28. The standard InChI is InChI=1S/C25H21ClN4O4S/c1-16-13-18(30-15-34-11-12-35(30,32)33)5-6-19(16)25(31)28-17-4-7-21(26)20(14-17)22-8-9-23-24(29-22)3-2-10-27-23/h2-10,13-14H,11-12,15H2,1H3,(H,28,31). The molecule has 8 nitrogen and oxygen atoms in total. The van der Waals surface area contributed by atoms with Gasteiger partial charge in [0, 0.05) is 23.0 Å². The third-order valence-corrected chi connectivity index (χ3v) is 7.73. The first-order chi connectivity index (χ1) is 16.8. The highest BCUT2D eigenvalue weighted by molar-refractivity contribution is 7.92. The van der Waals surface area contributed by atoms with Crippen LogP contribution in [-0.4, -0.2) is 43.4 Å². The summed E-state index contributed by atoms with van der Waals surface area (Å²) in [5, 5.41) is 3.40. The molecule has 0 atom stereocenters. The van der Waals surface area contributed by atoms with E-state index in [-0.39, 0.29) is 25.0 Å². The molecule has 0 radical (unpaired) electrons. The number of hydrogen-bond acceptors (Lipinski definition) is 6. The third kappa shape index (κ3) is 4.70.